The molecule has 3 heterocycles. The zero-order chi connectivity index (χ0) is 16.8. The van der Waals surface area contributed by atoms with Gasteiger partial charge < -0.3 is 10.3 Å². The number of aromatic amines is 1. The zero-order valence-corrected chi connectivity index (χ0v) is 13.8. The first-order valence-electron chi connectivity index (χ1n) is 8.74. The molecule has 2 N–H and O–H groups in total. The Morgan fingerprint density at radius 2 is 1.96 bits per heavy atom. The Balaban J connectivity index is 1.57. The Morgan fingerprint density at radius 3 is 2.84 bits per heavy atom. The third-order valence-corrected chi connectivity index (χ3v) is 5.16. The van der Waals surface area contributed by atoms with Crippen LogP contribution in [-0.4, -0.2) is 27.9 Å². The average molecular weight is 334 g/mol. The largest absolute Gasteiger partial charge is 0.360 e. The topological polar surface area (TPSA) is 45.6 Å². The maximum absolute atomic E-state index is 13.4. The molecule has 1 aliphatic heterocycles. The molecule has 126 valence electrons. The molecule has 5 heteroatoms. The van der Waals surface area contributed by atoms with Crippen molar-refractivity contribution in [2.75, 3.05) is 13.1 Å². The van der Waals surface area contributed by atoms with Crippen LogP contribution < -0.4 is 5.32 Å². The quantitative estimate of drug-likeness (QED) is 0.576. The van der Waals surface area contributed by atoms with Gasteiger partial charge in [-0.15, -0.1) is 0 Å². The number of fused-ring (bicyclic) bond motifs is 2. The normalized spacial score (nSPS) is 16.0. The summed E-state index contributed by atoms with van der Waals surface area (Å²) >= 11 is 0. The second-order valence-corrected chi connectivity index (χ2v) is 6.76. The highest BCUT2D eigenvalue weighted by molar-refractivity contribution is 5.97. The van der Waals surface area contributed by atoms with Crippen molar-refractivity contribution in [3.8, 4) is 11.1 Å². The van der Waals surface area contributed by atoms with Crippen LogP contribution in [0.3, 0.4) is 0 Å². The number of piperidine rings is 1. The van der Waals surface area contributed by atoms with Crippen LogP contribution in [-0.2, 0) is 0 Å². The molecule has 2 aromatic carbocycles. The van der Waals surface area contributed by atoms with Gasteiger partial charge in [0.1, 0.15) is 5.82 Å². The molecule has 4 aromatic rings. The molecule has 0 atom stereocenters. The van der Waals surface area contributed by atoms with Crippen molar-refractivity contribution < 1.29 is 4.39 Å². The van der Waals surface area contributed by atoms with Crippen molar-refractivity contribution in [1.29, 1.82) is 0 Å². The van der Waals surface area contributed by atoms with Crippen molar-refractivity contribution in [1.82, 2.24) is 20.1 Å². The van der Waals surface area contributed by atoms with Gasteiger partial charge in [0.15, 0.2) is 0 Å². The Morgan fingerprint density at radius 1 is 1.08 bits per heavy atom. The summed E-state index contributed by atoms with van der Waals surface area (Å²) in [6, 6.07) is 11.7. The van der Waals surface area contributed by atoms with Gasteiger partial charge in [0.2, 0.25) is 0 Å². The van der Waals surface area contributed by atoms with Crippen molar-refractivity contribution in [2.45, 2.75) is 18.9 Å². The van der Waals surface area contributed by atoms with Crippen LogP contribution in [0.2, 0.25) is 0 Å². The van der Waals surface area contributed by atoms with Gasteiger partial charge in [-0.1, -0.05) is 6.07 Å². The molecule has 0 spiro atoms. The molecule has 0 aliphatic carbocycles. The van der Waals surface area contributed by atoms with Gasteiger partial charge in [-0.25, -0.2) is 4.39 Å². The van der Waals surface area contributed by atoms with E-state index >= 15 is 0 Å². The third-order valence-electron chi connectivity index (χ3n) is 5.16. The first-order valence-corrected chi connectivity index (χ1v) is 8.74. The summed E-state index contributed by atoms with van der Waals surface area (Å²) in [5.41, 5.74) is 4.05. The molecule has 4 nitrogen and oxygen atoms in total. The lowest BCUT2D eigenvalue weighted by molar-refractivity contribution is 0.345. The van der Waals surface area contributed by atoms with Crippen LogP contribution in [0.15, 0.2) is 48.8 Å². The second kappa shape index (κ2) is 5.70. The number of nitrogens with zero attached hydrogens (tertiary/aromatic N) is 2. The van der Waals surface area contributed by atoms with Crippen molar-refractivity contribution in [2.24, 2.45) is 0 Å². The van der Waals surface area contributed by atoms with E-state index in [2.05, 4.69) is 39.4 Å². The minimum atomic E-state index is -0.223. The van der Waals surface area contributed by atoms with E-state index in [4.69, 9.17) is 5.10 Å². The molecule has 1 fully saturated rings. The van der Waals surface area contributed by atoms with Gasteiger partial charge in [0.25, 0.3) is 0 Å². The SMILES string of the molecule is Fc1ccc2c(-c3ccc4nn(C5CCNCC5)cc4c3)c[nH]c2c1. The van der Waals surface area contributed by atoms with Gasteiger partial charge in [-0.05, 0) is 61.8 Å². The number of hydrogen-bond donors (Lipinski definition) is 2. The van der Waals surface area contributed by atoms with E-state index in [9.17, 15) is 4.39 Å². The Hall–Kier alpha value is -2.66. The van der Waals surface area contributed by atoms with Crippen LogP contribution in [0, 0.1) is 5.82 Å². The zero-order valence-electron chi connectivity index (χ0n) is 13.8. The number of nitrogens with one attached hydrogen (secondary N) is 2. The fraction of sp³-hybridized carbons (Fsp3) is 0.250. The van der Waals surface area contributed by atoms with Gasteiger partial charge in [-0.2, -0.15) is 5.10 Å². The molecule has 5 rings (SSSR count). The van der Waals surface area contributed by atoms with Crippen molar-refractivity contribution >= 4 is 21.8 Å². The summed E-state index contributed by atoms with van der Waals surface area (Å²) in [7, 11) is 0. The first-order chi connectivity index (χ1) is 12.3. The van der Waals surface area contributed by atoms with Crippen LogP contribution in [0.25, 0.3) is 32.9 Å². The van der Waals surface area contributed by atoms with E-state index in [0.29, 0.717) is 6.04 Å². The number of benzene rings is 2. The predicted octanol–water partition coefficient (Wildman–Crippen LogP) is 4.25. The molecule has 2 aromatic heterocycles. The lowest BCUT2D eigenvalue weighted by Gasteiger charge is -2.22. The number of hydrogen-bond acceptors (Lipinski definition) is 2. The van der Waals surface area contributed by atoms with E-state index in [-0.39, 0.29) is 5.82 Å². The van der Waals surface area contributed by atoms with E-state index < -0.39 is 0 Å². The fourth-order valence-electron chi connectivity index (χ4n) is 3.81. The maximum Gasteiger partial charge on any atom is 0.125 e. The predicted molar refractivity (Wildman–Crippen MR) is 98.1 cm³/mol. The molecule has 0 bridgehead atoms. The van der Waals surface area contributed by atoms with Crippen LogP contribution in [0.5, 0.6) is 0 Å². The van der Waals surface area contributed by atoms with E-state index in [0.717, 1.165) is 58.9 Å². The molecule has 25 heavy (non-hydrogen) atoms. The maximum atomic E-state index is 13.4. The third kappa shape index (κ3) is 2.51. The Kier molecular flexibility index (Phi) is 3.35. The number of H-pyrrole nitrogens is 1. The standard InChI is InChI=1S/C20H19FN4/c21-15-2-3-17-18(11-23-20(17)10-15)13-1-4-19-14(9-13)12-25(24-19)16-5-7-22-8-6-16/h1-4,9-12,16,22-23H,5-8H2. The summed E-state index contributed by atoms with van der Waals surface area (Å²) in [6.07, 6.45) is 6.34. The summed E-state index contributed by atoms with van der Waals surface area (Å²) in [6.45, 7) is 2.11. The molecule has 1 aliphatic rings. The minimum Gasteiger partial charge on any atom is -0.360 e. The van der Waals surface area contributed by atoms with Crippen LogP contribution in [0.1, 0.15) is 18.9 Å². The van der Waals surface area contributed by atoms with Crippen molar-refractivity contribution in [3.05, 3.63) is 54.6 Å². The lowest BCUT2D eigenvalue weighted by atomic mass is 10.0. The number of rotatable bonds is 2. The highest BCUT2D eigenvalue weighted by Gasteiger charge is 2.16. The molecular formula is C20H19FN4. The van der Waals surface area contributed by atoms with Gasteiger partial charge in [0.05, 0.1) is 11.6 Å². The van der Waals surface area contributed by atoms with Crippen LogP contribution in [0.4, 0.5) is 4.39 Å². The van der Waals surface area contributed by atoms with Gasteiger partial charge >= 0.3 is 0 Å². The van der Waals surface area contributed by atoms with Gasteiger partial charge in [0, 0.05) is 34.2 Å². The lowest BCUT2D eigenvalue weighted by Crippen LogP contribution is -2.29. The summed E-state index contributed by atoms with van der Waals surface area (Å²) < 4.78 is 15.5. The monoisotopic (exact) mass is 334 g/mol. The molecule has 1 saturated heterocycles. The molecular weight excluding hydrogens is 315 g/mol. The number of halogens is 1. The second-order valence-electron chi connectivity index (χ2n) is 6.76. The smallest absolute Gasteiger partial charge is 0.125 e. The molecule has 0 amide bonds. The van der Waals surface area contributed by atoms with Crippen molar-refractivity contribution in [3.63, 3.8) is 0 Å². The first kappa shape index (κ1) is 14.7. The van der Waals surface area contributed by atoms with Gasteiger partial charge in [-0.3, -0.25) is 4.68 Å². The fourth-order valence-corrected chi connectivity index (χ4v) is 3.81. The Labute approximate surface area is 144 Å². The summed E-state index contributed by atoms with van der Waals surface area (Å²) in [5, 5.41) is 10.3. The summed E-state index contributed by atoms with van der Waals surface area (Å²) in [5.74, 6) is -0.223. The highest BCUT2D eigenvalue weighted by Crippen LogP contribution is 2.31. The molecule has 0 radical (unpaired) electrons. The van der Waals surface area contributed by atoms with Crippen LogP contribution >= 0.6 is 0 Å². The van der Waals surface area contributed by atoms with E-state index in [1.807, 2.05) is 12.3 Å². The molecule has 0 unspecified atom stereocenters. The van der Waals surface area contributed by atoms with E-state index in [1.54, 1.807) is 0 Å². The Bertz CT molecular complexity index is 1060. The highest BCUT2D eigenvalue weighted by atomic mass is 19.1. The summed E-state index contributed by atoms with van der Waals surface area (Å²) in [4.78, 5) is 3.16. The number of aromatic nitrogens is 3. The van der Waals surface area contributed by atoms with E-state index in [1.165, 1.54) is 12.1 Å². The minimum absolute atomic E-state index is 0.223. The average Bonchev–Trinajstić information content (AvgIpc) is 3.25. The molecule has 0 saturated carbocycles.